The summed E-state index contributed by atoms with van der Waals surface area (Å²) in [5.41, 5.74) is 0.132. The van der Waals surface area contributed by atoms with Crippen LogP contribution in [0.2, 0.25) is 0 Å². The fourth-order valence-corrected chi connectivity index (χ4v) is 11.4. The van der Waals surface area contributed by atoms with Crippen molar-refractivity contribution in [1.82, 2.24) is 0 Å². The summed E-state index contributed by atoms with van der Waals surface area (Å²) < 4.78 is 11.1. The van der Waals surface area contributed by atoms with Crippen LogP contribution in [0.15, 0.2) is 12.2 Å². The molecule has 0 bridgehead atoms. The molecule has 0 radical (unpaired) electrons. The molecular weight excluding hydrogens is 530 g/mol. The number of carbonyl (C=O) groups excluding carboxylic acids is 2. The maximum Gasteiger partial charge on any atom is 0.312 e. The molecule has 0 aromatic heterocycles. The van der Waals surface area contributed by atoms with Gasteiger partial charge in [-0.25, -0.2) is 0 Å². The predicted molar refractivity (Wildman–Crippen MR) is 160 cm³/mol. The van der Waals surface area contributed by atoms with Gasteiger partial charge in [-0.3, -0.25) is 14.4 Å². The van der Waals surface area contributed by atoms with Gasteiger partial charge in [-0.05, 0) is 104 Å². The highest BCUT2D eigenvalue weighted by Gasteiger charge is 2.71. The highest BCUT2D eigenvalue weighted by Crippen LogP contribution is 2.76. The second-order valence-electron chi connectivity index (χ2n) is 15.7. The van der Waals surface area contributed by atoms with Crippen molar-refractivity contribution in [3.63, 3.8) is 0 Å². The number of carbonyl (C=O) groups is 3. The monoisotopic (exact) mass is 583 g/mol. The first-order valence-corrected chi connectivity index (χ1v) is 16.0. The lowest BCUT2D eigenvalue weighted by molar-refractivity contribution is -0.232. The fourth-order valence-electron chi connectivity index (χ4n) is 11.4. The van der Waals surface area contributed by atoms with Crippen molar-refractivity contribution in [2.24, 2.45) is 56.7 Å². The molecule has 4 aliphatic rings. The maximum absolute atomic E-state index is 13.5. The highest BCUT2D eigenvalue weighted by atomic mass is 16.5. The van der Waals surface area contributed by atoms with Crippen LogP contribution in [-0.2, 0) is 23.9 Å². The van der Waals surface area contributed by atoms with Gasteiger partial charge in [0.15, 0.2) is 0 Å². The Bertz CT molecular complexity index is 1150. The smallest absolute Gasteiger partial charge is 0.312 e. The van der Waals surface area contributed by atoms with Crippen LogP contribution in [0.5, 0.6) is 0 Å². The van der Waals surface area contributed by atoms with Crippen molar-refractivity contribution < 1.29 is 29.0 Å². The summed E-state index contributed by atoms with van der Waals surface area (Å²) in [6, 6.07) is 2.55. The predicted octanol–water partition coefficient (Wildman–Crippen LogP) is 7.34. The Morgan fingerprint density at radius 3 is 2.29 bits per heavy atom. The van der Waals surface area contributed by atoms with Gasteiger partial charge in [0.25, 0.3) is 0 Å². The number of fused-ring (bicyclic) bond motifs is 5. The molecule has 234 valence electrons. The normalized spacial score (nSPS) is 41.0. The SMILES string of the molecule is C=C(C)[C@@H]1CCC2(C(=O)OC)CC[C@]3(C)C(CCC4[C@@](C)(CC#N)C(C(C)(C)COC(=O)CCC(=O)O)CC[C@]43C)C12. The van der Waals surface area contributed by atoms with E-state index in [2.05, 4.69) is 54.2 Å². The number of nitrogens with zero attached hydrogens (tertiary/aromatic N) is 1. The van der Waals surface area contributed by atoms with Crippen molar-refractivity contribution in [3.05, 3.63) is 12.2 Å². The molecule has 7 nitrogen and oxygen atoms in total. The van der Waals surface area contributed by atoms with Gasteiger partial charge < -0.3 is 14.6 Å². The number of hydrogen-bond acceptors (Lipinski definition) is 6. The van der Waals surface area contributed by atoms with Gasteiger partial charge in [-0.1, -0.05) is 46.8 Å². The molecule has 0 amide bonds. The molecule has 0 saturated heterocycles. The zero-order valence-electron chi connectivity index (χ0n) is 27.0. The average Bonchev–Trinajstić information content (AvgIpc) is 3.32. The molecule has 7 heteroatoms. The number of carboxylic acid groups (broad SMARTS) is 1. The van der Waals surface area contributed by atoms with Crippen LogP contribution >= 0.6 is 0 Å². The number of nitriles is 1. The van der Waals surface area contributed by atoms with E-state index in [1.165, 1.54) is 12.7 Å². The molecular formula is C35H53NO6. The molecule has 4 rings (SSSR count). The van der Waals surface area contributed by atoms with E-state index in [1.54, 1.807) is 0 Å². The van der Waals surface area contributed by atoms with Gasteiger partial charge >= 0.3 is 17.9 Å². The highest BCUT2D eigenvalue weighted by molar-refractivity contribution is 5.78. The minimum atomic E-state index is -1.01. The van der Waals surface area contributed by atoms with E-state index in [1.807, 2.05) is 0 Å². The van der Waals surface area contributed by atoms with E-state index in [0.717, 1.165) is 51.4 Å². The first kappa shape index (κ1) is 32.6. The number of allylic oxidation sites excluding steroid dienone is 1. The van der Waals surface area contributed by atoms with E-state index in [-0.39, 0.29) is 58.9 Å². The van der Waals surface area contributed by atoms with Gasteiger partial charge in [0, 0.05) is 11.8 Å². The van der Waals surface area contributed by atoms with Crippen LogP contribution < -0.4 is 0 Å². The van der Waals surface area contributed by atoms with Crippen LogP contribution in [0.25, 0.3) is 0 Å². The number of methoxy groups -OCH3 is 1. The second kappa shape index (κ2) is 11.3. The molecule has 4 aliphatic carbocycles. The van der Waals surface area contributed by atoms with Crippen molar-refractivity contribution in [2.75, 3.05) is 13.7 Å². The molecule has 0 heterocycles. The molecule has 4 fully saturated rings. The molecule has 5 unspecified atom stereocenters. The van der Waals surface area contributed by atoms with E-state index in [0.29, 0.717) is 24.2 Å². The van der Waals surface area contributed by atoms with Crippen LogP contribution in [0.1, 0.15) is 112 Å². The fraction of sp³-hybridized carbons (Fsp3) is 0.829. The summed E-state index contributed by atoms with van der Waals surface area (Å²) in [6.45, 7) is 18.3. The van der Waals surface area contributed by atoms with Crippen LogP contribution in [0, 0.1) is 68.0 Å². The van der Waals surface area contributed by atoms with Crippen LogP contribution in [0.3, 0.4) is 0 Å². The Labute approximate surface area is 252 Å². The van der Waals surface area contributed by atoms with Crippen molar-refractivity contribution >= 4 is 17.9 Å². The summed E-state index contributed by atoms with van der Waals surface area (Å²) in [5.74, 6) is -0.0936. The topological polar surface area (TPSA) is 114 Å². The minimum absolute atomic E-state index is 0.00322. The summed E-state index contributed by atoms with van der Waals surface area (Å²) in [4.78, 5) is 36.7. The summed E-state index contributed by atoms with van der Waals surface area (Å²) >= 11 is 0. The average molecular weight is 584 g/mol. The third-order valence-electron chi connectivity index (χ3n) is 13.5. The molecule has 1 N–H and O–H groups in total. The number of aliphatic carboxylic acids is 1. The third kappa shape index (κ3) is 4.89. The lowest BCUT2D eigenvalue weighted by atomic mass is 9.33. The lowest BCUT2D eigenvalue weighted by Crippen LogP contribution is -2.65. The van der Waals surface area contributed by atoms with E-state index in [4.69, 9.17) is 14.6 Å². The molecule has 0 aromatic carbocycles. The first-order valence-electron chi connectivity index (χ1n) is 16.0. The van der Waals surface area contributed by atoms with Gasteiger partial charge in [-0.15, -0.1) is 0 Å². The molecule has 42 heavy (non-hydrogen) atoms. The number of ether oxygens (including phenoxy) is 2. The van der Waals surface area contributed by atoms with Crippen molar-refractivity contribution in [1.29, 1.82) is 5.26 Å². The summed E-state index contributed by atoms with van der Waals surface area (Å²) in [5, 5.41) is 19.1. The van der Waals surface area contributed by atoms with Gasteiger partial charge in [0.2, 0.25) is 0 Å². The summed E-state index contributed by atoms with van der Waals surface area (Å²) in [7, 11) is 1.54. The van der Waals surface area contributed by atoms with Gasteiger partial charge in [0.1, 0.15) is 0 Å². The Balaban J connectivity index is 1.67. The molecule has 9 atom stereocenters. The Morgan fingerprint density at radius 1 is 1.00 bits per heavy atom. The Morgan fingerprint density at radius 2 is 1.69 bits per heavy atom. The lowest BCUT2D eigenvalue weighted by Gasteiger charge is -2.71. The Hall–Kier alpha value is -2.36. The van der Waals surface area contributed by atoms with E-state index in [9.17, 15) is 19.6 Å². The number of carboxylic acids is 1. The zero-order valence-corrected chi connectivity index (χ0v) is 27.0. The standard InChI is InChI=1S/C35H53NO6/c1-22(2)23-13-16-35(30(40)41-8)18-17-33(6)24(29(23)35)9-10-26-32(5,19-20-36)25(14-15-34(26,33)7)31(3,4)21-42-28(39)12-11-27(37)38/h23-26,29H,1,9-19,21H2,2-8H3,(H,37,38)/t23-,24?,25?,26?,29?,32-,33+,34+,35?/m0/s1. The molecule has 4 saturated carbocycles. The summed E-state index contributed by atoms with van der Waals surface area (Å²) in [6.07, 6.45) is 7.78. The molecule has 0 aliphatic heterocycles. The van der Waals surface area contributed by atoms with Crippen LogP contribution in [-0.4, -0.2) is 36.7 Å². The number of hydrogen-bond donors (Lipinski definition) is 1. The van der Waals surface area contributed by atoms with Crippen molar-refractivity contribution in [3.8, 4) is 6.07 Å². The number of rotatable bonds is 9. The maximum atomic E-state index is 13.5. The van der Waals surface area contributed by atoms with Crippen LogP contribution in [0.4, 0.5) is 0 Å². The van der Waals surface area contributed by atoms with Gasteiger partial charge in [0.05, 0.1) is 38.0 Å². The molecule has 0 spiro atoms. The zero-order chi connectivity index (χ0) is 31.3. The first-order chi connectivity index (χ1) is 19.5. The number of esters is 2. The minimum Gasteiger partial charge on any atom is -0.481 e. The van der Waals surface area contributed by atoms with Gasteiger partial charge in [-0.2, -0.15) is 5.26 Å². The second-order valence-corrected chi connectivity index (χ2v) is 15.7. The quantitative estimate of drug-likeness (QED) is 0.223. The Kier molecular flexibility index (Phi) is 8.75. The largest absolute Gasteiger partial charge is 0.481 e. The van der Waals surface area contributed by atoms with Crippen molar-refractivity contribution in [2.45, 2.75) is 112 Å². The molecule has 0 aromatic rings. The third-order valence-corrected chi connectivity index (χ3v) is 13.5. The van der Waals surface area contributed by atoms with E-state index < -0.39 is 17.4 Å². The van der Waals surface area contributed by atoms with E-state index >= 15 is 0 Å².